The van der Waals surface area contributed by atoms with Gasteiger partial charge in [-0.1, -0.05) is 21.1 Å². The van der Waals surface area contributed by atoms with E-state index >= 15 is 0 Å². The second-order valence-corrected chi connectivity index (χ2v) is 6.17. The standard InChI is InChI=1S/C12H14BrIN4/c1-15-12(6-9-7-18(2)17-16-9)10-5-8(13)3-4-11(10)14/h3-5,7,12,15H,6H2,1-2H3. The van der Waals surface area contributed by atoms with Crippen molar-refractivity contribution in [3.05, 3.63) is 43.7 Å². The Morgan fingerprint density at radius 2 is 2.28 bits per heavy atom. The van der Waals surface area contributed by atoms with E-state index in [-0.39, 0.29) is 6.04 Å². The second-order valence-electron chi connectivity index (χ2n) is 4.09. The molecule has 18 heavy (non-hydrogen) atoms. The highest BCUT2D eigenvalue weighted by molar-refractivity contribution is 14.1. The minimum atomic E-state index is 0.242. The van der Waals surface area contributed by atoms with Crippen LogP contribution in [0.1, 0.15) is 17.3 Å². The normalized spacial score (nSPS) is 12.7. The van der Waals surface area contributed by atoms with Crippen molar-refractivity contribution in [2.75, 3.05) is 7.05 Å². The van der Waals surface area contributed by atoms with E-state index in [9.17, 15) is 0 Å². The van der Waals surface area contributed by atoms with Crippen LogP contribution in [0.15, 0.2) is 28.9 Å². The Morgan fingerprint density at radius 1 is 1.50 bits per heavy atom. The molecule has 0 fully saturated rings. The third-order valence-corrected chi connectivity index (χ3v) is 4.22. The fraction of sp³-hybridized carbons (Fsp3) is 0.333. The number of aromatic nitrogens is 3. The van der Waals surface area contributed by atoms with E-state index in [1.807, 2.05) is 20.3 Å². The van der Waals surface area contributed by atoms with Gasteiger partial charge in [-0.3, -0.25) is 4.68 Å². The zero-order valence-electron chi connectivity index (χ0n) is 10.2. The summed E-state index contributed by atoms with van der Waals surface area (Å²) in [5.74, 6) is 0. The lowest BCUT2D eigenvalue weighted by Crippen LogP contribution is -2.20. The second kappa shape index (κ2) is 6.12. The molecule has 1 aromatic carbocycles. The van der Waals surface area contributed by atoms with Crippen LogP contribution < -0.4 is 5.32 Å². The van der Waals surface area contributed by atoms with Gasteiger partial charge in [-0.25, -0.2) is 0 Å². The highest BCUT2D eigenvalue weighted by atomic mass is 127. The first-order chi connectivity index (χ1) is 8.60. The van der Waals surface area contributed by atoms with E-state index in [1.165, 1.54) is 9.13 Å². The van der Waals surface area contributed by atoms with Gasteiger partial charge < -0.3 is 5.32 Å². The van der Waals surface area contributed by atoms with E-state index < -0.39 is 0 Å². The van der Waals surface area contributed by atoms with Gasteiger partial charge in [0.1, 0.15) is 0 Å². The molecule has 0 aliphatic rings. The summed E-state index contributed by atoms with van der Waals surface area (Å²) in [4.78, 5) is 0. The van der Waals surface area contributed by atoms with Gasteiger partial charge in [-0.15, -0.1) is 5.10 Å². The maximum absolute atomic E-state index is 4.14. The number of likely N-dealkylation sites (N-methyl/N-ethyl adjacent to an activating group) is 1. The van der Waals surface area contributed by atoms with Crippen LogP contribution in [0.4, 0.5) is 0 Å². The first-order valence-corrected chi connectivity index (χ1v) is 7.44. The molecule has 6 heteroatoms. The average Bonchev–Trinajstić information content (AvgIpc) is 2.75. The van der Waals surface area contributed by atoms with Gasteiger partial charge in [0.05, 0.1) is 5.69 Å². The molecule has 4 nitrogen and oxygen atoms in total. The summed E-state index contributed by atoms with van der Waals surface area (Å²) in [5, 5.41) is 11.4. The number of benzene rings is 1. The van der Waals surface area contributed by atoms with Crippen LogP contribution in [0.2, 0.25) is 0 Å². The number of hydrogen-bond acceptors (Lipinski definition) is 3. The van der Waals surface area contributed by atoms with Crippen LogP contribution >= 0.6 is 38.5 Å². The number of aryl methyl sites for hydroxylation is 1. The van der Waals surface area contributed by atoms with Crippen LogP contribution in [0, 0.1) is 3.57 Å². The van der Waals surface area contributed by atoms with Crippen LogP contribution in [0.5, 0.6) is 0 Å². The Labute approximate surface area is 128 Å². The van der Waals surface area contributed by atoms with Gasteiger partial charge in [-0.05, 0) is 53.4 Å². The number of nitrogens with zero attached hydrogens (tertiary/aromatic N) is 3. The summed E-state index contributed by atoms with van der Waals surface area (Å²) >= 11 is 5.88. The van der Waals surface area contributed by atoms with Crippen molar-refractivity contribution in [3.8, 4) is 0 Å². The molecular formula is C12H14BrIN4. The topological polar surface area (TPSA) is 42.7 Å². The van der Waals surface area contributed by atoms with Crippen molar-refractivity contribution < 1.29 is 0 Å². The van der Waals surface area contributed by atoms with Gasteiger partial charge >= 0.3 is 0 Å². The zero-order valence-corrected chi connectivity index (χ0v) is 13.9. The summed E-state index contributed by atoms with van der Waals surface area (Å²) in [5.41, 5.74) is 2.27. The Morgan fingerprint density at radius 3 is 2.89 bits per heavy atom. The molecule has 1 aromatic heterocycles. The van der Waals surface area contributed by atoms with E-state index in [4.69, 9.17) is 0 Å². The Hall–Kier alpha value is -0.470. The van der Waals surface area contributed by atoms with Crippen molar-refractivity contribution in [1.29, 1.82) is 0 Å². The van der Waals surface area contributed by atoms with Gasteiger partial charge in [0.25, 0.3) is 0 Å². The third-order valence-electron chi connectivity index (χ3n) is 2.75. The molecular weight excluding hydrogens is 407 g/mol. The molecule has 0 radical (unpaired) electrons. The van der Waals surface area contributed by atoms with Gasteiger partial charge in [0, 0.05) is 33.8 Å². The van der Waals surface area contributed by atoms with Crippen molar-refractivity contribution >= 4 is 38.5 Å². The lowest BCUT2D eigenvalue weighted by molar-refractivity contribution is 0.580. The predicted octanol–water partition coefficient (Wildman–Crippen LogP) is 2.69. The summed E-state index contributed by atoms with van der Waals surface area (Å²) in [6, 6.07) is 6.56. The van der Waals surface area contributed by atoms with Crippen molar-refractivity contribution in [3.63, 3.8) is 0 Å². The largest absolute Gasteiger partial charge is 0.313 e. The molecule has 2 rings (SSSR count). The van der Waals surface area contributed by atoms with Crippen molar-refractivity contribution in [2.45, 2.75) is 12.5 Å². The van der Waals surface area contributed by atoms with Gasteiger partial charge in [0.15, 0.2) is 0 Å². The van der Waals surface area contributed by atoms with E-state index in [0.29, 0.717) is 0 Å². The van der Waals surface area contributed by atoms with Crippen molar-refractivity contribution in [2.24, 2.45) is 7.05 Å². The molecule has 1 atom stereocenters. The Bertz CT molecular complexity index is 541. The van der Waals surface area contributed by atoms with E-state index in [2.05, 4.69) is 72.3 Å². The number of nitrogens with one attached hydrogen (secondary N) is 1. The smallest absolute Gasteiger partial charge is 0.0845 e. The summed E-state index contributed by atoms with van der Waals surface area (Å²) in [6.07, 6.45) is 2.78. The summed E-state index contributed by atoms with van der Waals surface area (Å²) < 4.78 is 4.07. The number of halogens is 2. The molecule has 2 aromatic rings. The molecule has 1 unspecified atom stereocenters. The van der Waals surface area contributed by atoms with Crippen LogP contribution in [0.25, 0.3) is 0 Å². The van der Waals surface area contributed by atoms with Gasteiger partial charge in [-0.2, -0.15) is 0 Å². The molecule has 0 aliphatic heterocycles. The molecule has 0 amide bonds. The van der Waals surface area contributed by atoms with Crippen LogP contribution in [-0.2, 0) is 13.5 Å². The van der Waals surface area contributed by atoms with Crippen LogP contribution in [-0.4, -0.2) is 22.0 Å². The minimum Gasteiger partial charge on any atom is -0.313 e. The van der Waals surface area contributed by atoms with Crippen LogP contribution in [0.3, 0.4) is 0 Å². The molecule has 1 heterocycles. The first kappa shape index (κ1) is 14.0. The lowest BCUT2D eigenvalue weighted by atomic mass is 10.0. The Kier molecular flexibility index (Phi) is 4.74. The predicted molar refractivity (Wildman–Crippen MR) is 83.4 cm³/mol. The number of rotatable bonds is 4. The quantitative estimate of drug-likeness (QED) is 0.773. The van der Waals surface area contributed by atoms with E-state index in [1.54, 1.807) is 4.68 Å². The lowest BCUT2D eigenvalue weighted by Gasteiger charge is -2.17. The molecule has 96 valence electrons. The van der Waals surface area contributed by atoms with Gasteiger partial charge in [0.2, 0.25) is 0 Å². The zero-order chi connectivity index (χ0) is 13.1. The molecule has 0 bridgehead atoms. The van der Waals surface area contributed by atoms with E-state index in [0.717, 1.165) is 16.6 Å². The minimum absolute atomic E-state index is 0.242. The average molecular weight is 421 g/mol. The molecule has 0 spiro atoms. The third kappa shape index (κ3) is 3.30. The fourth-order valence-electron chi connectivity index (χ4n) is 1.85. The number of hydrogen-bond donors (Lipinski definition) is 1. The fourth-order valence-corrected chi connectivity index (χ4v) is 2.94. The SMILES string of the molecule is CNC(Cc1cn(C)nn1)c1cc(Br)ccc1I. The first-order valence-electron chi connectivity index (χ1n) is 5.57. The molecule has 0 saturated heterocycles. The summed E-state index contributed by atoms with van der Waals surface area (Å²) in [6.45, 7) is 0. The highest BCUT2D eigenvalue weighted by Crippen LogP contribution is 2.26. The Balaban J connectivity index is 2.25. The molecule has 1 N–H and O–H groups in total. The summed E-state index contributed by atoms with van der Waals surface area (Å²) in [7, 11) is 3.85. The molecule has 0 aliphatic carbocycles. The highest BCUT2D eigenvalue weighted by Gasteiger charge is 2.15. The maximum Gasteiger partial charge on any atom is 0.0845 e. The maximum atomic E-state index is 4.14. The van der Waals surface area contributed by atoms with Crippen molar-refractivity contribution in [1.82, 2.24) is 20.3 Å². The monoisotopic (exact) mass is 420 g/mol. The molecule has 0 saturated carbocycles.